The van der Waals surface area contributed by atoms with E-state index in [1.807, 2.05) is 0 Å². The van der Waals surface area contributed by atoms with E-state index in [-0.39, 0.29) is 11.4 Å². The van der Waals surface area contributed by atoms with E-state index in [1.165, 1.54) is 6.92 Å². The minimum absolute atomic E-state index is 0.0763. The van der Waals surface area contributed by atoms with Gasteiger partial charge < -0.3 is 4.18 Å². The van der Waals surface area contributed by atoms with Gasteiger partial charge in [0.05, 0.1) is 6.26 Å². The van der Waals surface area contributed by atoms with Gasteiger partial charge in [-0.2, -0.15) is 17.2 Å². The van der Waals surface area contributed by atoms with Crippen LogP contribution < -0.4 is 5.43 Å². The van der Waals surface area contributed by atoms with Gasteiger partial charge in [0.1, 0.15) is 0 Å². The van der Waals surface area contributed by atoms with Gasteiger partial charge in [0.25, 0.3) is 5.88 Å². The molecule has 0 bridgehead atoms. The molecule has 104 valence electrons. The third-order valence-electron chi connectivity index (χ3n) is 2.08. The SMILES string of the molecule is CC1CC(=O)NN(C(OS(C)(=O)=O)=C(F)F)C1F. The topological polar surface area (TPSA) is 75.7 Å². The van der Waals surface area contributed by atoms with Crippen LogP contribution in [-0.2, 0) is 19.1 Å². The van der Waals surface area contributed by atoms with Crippen molar-refractivity contribution in [3.8, 4) is 0 Å². The quantitative estimate of drug-likeness (QED) is 0.470. The molecule has 0 aromatic carbocycles. The van der Waals surface area contributed by atoms with Gasteiger partial charge in [-0.05, 0) is 0 Å². The Morgan fingerprint density at radius 1 is 1.50 bits per heavy atom. The van der Waals surface area contributed by atoms with Crippen LogP contribution in [0.1, 0.15) is 13.3 Å². The van der Waals surface area contributed by atoms with Gasteiger partial charge in [-0.3, -0.25) is 10.2 Å². The van der Waals surface area contributed by atoms with Crippen molar-refractivity contribution in [3.63, 3.8) is 0 Å². The van der Waals surface area contributed by atoms with Crippen LogP contribution in [-0.4, -0.2) is 31.9 Å². The lowest BCUT2D eigenvalue weighted by Crippen LogP contribution is -2.54. The van der Waals surface area contributed by atoms with Crippen molar-refractivity contribution in [2.24, 2.45) is 5.92 Å². The summed E-state index contributed by atoms with van der Waals surface area (Å²) in [5, 5.41) is 0.0763. The van der Waals surface area contributed by atoms with Gasteiger partial charge in [0, 0.05) is 12.3 Å². The molecule has 0 saturated carbocycles. The standard InChI is InChI=1S/C8H11F3N2O4S/c1-4-3-5(14)12-13(7(4)11)8(6(9)10)17-18(2,15)16/h4,7H,3H2,1-2H3,(H,12,14). The maximum Gasteiger partial charge on any atom is 0.332 e. The Morgan fingerprint density at radius 3 is 2.50 bits per heavy atom. The summed E-state index contributed by atoms with van der Waals surface area (Å²) in [6, 6.07) is 0. The molecule has 18 heavy (non-hydrogen) atoms. The maximum atomic E-state index is 13.7. The monoisotopic (exact) mass is 288 g/mol. The highest BCUT2D eigenvalue weighted by atomic mass is 32.2. The number of hydrogen-bond donors (Lipinski definition) is 1. The number of carbonyl (C=O) groups excluding carboxylic acids is 1. The third kappa shape index (κ3) is 3.52. The summed E-state index contributed by atoms with van der Waals surface area (Å²) in [5.74, 6) is -3.13. The van der Waals surface area contributed by atoms with E-state index in [2.05, 4.69) is 4.18 Å². The lowest BCUT2D eigenvalue weighted by atomic mass is 10.0. The van der Waals surface area contributed by atoms with Gasteiger partial charge >= 0.3 is 16.2 Å². The number of amides is 1. The van der Waals surface area contributed by atoms with Crippen molar-refractivity contribution in [1.29, 1.82) is 0 Å². The average molecular weight is 288 g/mol. The molecule has 2 unspecified atom stereocenters. The fraction of sp³-hybridized carbons (Fsp3) is 0.625. The zero-order valence-electron chi connectivity index (χ0n) is 9.48. The van der Waals surface area contributed by atoms with Crippen molar-refractivity contribution in [1.82, 2.24) is 10.4 Å². The number of rotatable bonds is 3. The summed E-state index contributed by atoms with van der Waals surface area (Å²) in [6.07, 6.45) is -4.24. The summed E-state index contributed by atoms with van der Waals surface area (Å²) in [4.78, 5) is 11.1. The Morgan fingerprint density at radius 2 is 2.06 bits per heavy atom. The number of nitrogens with zero attached hydrogens (tertiary/aromatic N) is 1. The third-order valence-corrected chi connectivity index (χ3v) is 2.54. The van der Waals surface area contributed by atoms with Crippen molar-refractivity contribution < 1.29 is 30.6 Å². The van der Waals surface area contributed by atoms with Gasteiger partial charge in [-0.15, -0.1) is 0 Å². The van der Waals surface area contributed by atoms with Crippen LogP contribution in [0.3, 0.4) is 0 Å². The fourth-order valence-electron chi connectivity index (χ4n) is 1.35. The molecule has 0 radical (unpaired) electrons. The van der Waals surface area contributed by atoms with Crippen LogP contribution in [0.2, 0.25) is 0 Å². The predicted octanol–water partition coefficient (Wildman–Crippen LogP) is 0.697. The molecular weight excluding hydrogens is 277 g/mol. The van der Waals surface area contributed by atoms with Crippen molar-refractivity contribution >= 4 is 16.0 Å². The fourth-order valence-corrected chi connectivity index (χ4v) is 1.78. The van der Waals surface area contributed by atoms with Crippen LogP contribution in [0.25, 0.3) is 0 Å². The van der Waals surface area contributed by atoms with E-state index in [4.69, 9.17) is 0 Å². The van der Waals surface area contributed by atoms with Gasteiger partial charge in [0.15, 0.2) is 6.30 Å². The Kier molecular flexibility index (Phi) is 4.09. The number of hydrogen-bond acceptors (Lipinski definition) is 5. The van der Waals surface area contributed by atoms with Gasteiger partial charge in [-0.25, -0.2) is 9.40 Å². The van der Waals surface area contributed by atoms with Crippen LogP contribution in [0.5, 0.6) is 0 Å². The van der Waals surface area contributed by atoms with Crippen LogP contribution in [0.4, 0.5) is 13.2 Å². The lowest BCUT2D eigenvalue weighted by Gasteiger charge is -2.35. The molecule has 2 atom stereocenters. The minimum atomic E-state index is -4.27. The molecule has 10 heteroatoms. The Bertz CT molecular complexity index is 475. The van der Waals surface area contributed by atoms with Gasteiger partial charge in [-0.1, -0.05) is 6.92 Å². The molecule has 6 nitrogen and oxygen atoms in total. The highest BCUT2D eigenvalue weighted by molar-refractivity contribution is 7.86. The molecule has 1 heterocycles. The first-order valence-electron chi connectivity index (χ1n) is 4.79. The second-order valence-electron chi connectivity index (χ2n) is 3.81. The largest absolute Gasteiger partial charge is 0.356 e. The maximum absolute atomic E-state index is 13.7. The first-order valence-corrected chi connectivity index (χ1v) is 6.61. The van der Waals surface area contributed by atoms with Gasteiger partial charge in [0.2, 0.25) is 5.91 Å². The van der Waals surface area contributed by atoms with E-state index in [0.29, 0.717) is 6.26 Å². The van der Waals surface area contributed by atoms with Crippen LogP contribution in [0.15, 0.2) is 12.0 Å². The molecule has 1 aliphatic rings. The van der Waals surface area contributed by atoms with E-state index in [1.54, 1.807) is 5.43 Å². The summed E-state index contributed by atoms with van der Waals surface area (Å²) < 4.78 is 64.4. The molecule has 1 fully saturated rings. The zero-order valence-corrected chi connectivity index (χ0v) is 10.3. The normalized spacial score (nSPS) is 24.5. The Labute approximate surface area is 101 Å². The van der Waals surface area contributed by atoms with E-state index in [0.717, 1.165) is 0 Å². The molecule has 0 aromatic heterocycles. The molecule has 0 aliphatic carbocycles. The molecule has 1 rings (SSSR count). The number of alkyl halides is 1. The average Bonchev–Trinajstić information content (AvgIpc) is 2.18. The second-order valence-corrected chi connectivity index (χ2v) is 5.39. The highest BCUT2D eigenvalue weighted by Crippen LogP contribution is 2.26. The molecule has 1 saturated heterocycles. The Balaban J connectivity index is 3.07. The zero-order chi connectivity index (χ0) is 14.1. The first-order chi connectivity index (χ1) is 8.11. The van der Waals surface area contributed by atoms with E-state index in [9.17, 15) is 26.4 Å². The summed E-state index contributed by atoms with van der Waals surface area (Å²) in [5.41, 5.74) is 1.79. The van der Waals surface area contributed by atoms with Crippen molar-refractivity contribution in [2.75, 3.05) is 6.26 Å². The van der Waals surface area contributed by atoms with E-state index < -0.39 is 40.2 Å². The molecule has 1 amide bonds. The highest BCUT2D eigenvalue weighted by Gasteiger charge is 2.38. The summed E-state index contributed by atoms with van der Waals surface area (Å²) >= 11 is 0. The minimum Gasteiger partial charge on any atom is -0.356 e. The summed E-state index contributed by atoms with van der Waals surface area (Å²) in [7, 11) is -4.27. The number of nitrogens with one attached hydrogen (secondary N) is 1. The predicted molar refractivity (Wildman–Crippen MR) is 53.8 cm³/mol. The van der Waals surface area contributed by atoms with E-state index >= 15 is 0 Å². The molecule has 1 N–H and O–H groups in total. The van der Waals surface area contributed by atoms with Crippen LogP contribution in [0, 0.1) is 5.92 Å². The lowest BCUT2D eigenvalue weighted by molar-refractivity contribution is -0.140. The van der Waals surface area contributed by atoms with Crippen LogP contribution >= 0.6 is 0 Å². The molecule has 1 aliphatic heterocycles. The van der Waals surface area contributed by atoms with Crippen molar-refractivity contribution in [2.45, 2.75) is 19.6 Å². The second kappa shape index (κ2) is 5.04. The number of carbonyl (C=O) groups is 1. The number of halogens is 3. The summed E-state index contributed by atoms with van der Waals surface area (Å²) in [6.45, 7) is 1.32. The molecule has 0 spiro atoms. The first kappa shape index (κ1) is 14.6. The number of hydrazine groups is 1. The van der Waals surface area contributed by atoms with Crippen molar-refractivity contribution in [3.05, 3.63) is 12.0 Å². The molecular formula is C8H11F3N2O4S. The Hall–Kier alpha value is -1.45. The smallest absolute Gasteiger partial charge is 0.332 e. The molecule has 0 aromatic rings.